The lowest BCUT2D eigenvalue weighted by Gasteiger charge is -2.04. The minimum absolute atomic E-state index is 0.459. The second kappa shape index (κ2) is 4.91. The van der Waals surface area contributed by atoms with Crippen molar-refractivity contribution in [2.24, 2.45) is 0 Å². The molecule has 0 atom stereocenters. The fourth-order valence-corrected chi connectivity index (χ4v) is 3.36. The molecule has 3 aromatic rings. The Kier molecular flexibility index (Phi) is 3.22. The topological polar surface area (TPSA) is 32.9 Å². The number of carbonyl (C=O) groups is 1. The zero-order valence-electron chi connectivity index (χ0n) is 11.9. The number of aryl methyl sites for hydroxylation is 1. The molecular formula is C17H17NOS. The first-order valence-corrected chi connectivity index (χ1v) is 7.59. The molecule has 3 rings (SSSR count). The number of nitrogens with one attached hydrogen (secondary N) is 1. The Hall–Kier alpha value is -1.87. The van der Waals surface area contributed by atoms with Crippen LogP contribution in [-0.2, 0) is 0 Å². The maximum Gasteiger partial charge on any atom is 0.152 e. The third-order valence-electron chi connectivity index (χ3n) is 3.63. The molecule has 0 amide bonds. The minimum Gasteiger partial charge on any atom is -0.353 e. The van der Waals surface area contributed by atoms with Crippen molar-refractivity contribution in [1.29, 1.82) is 0 Å². The van der Waals surface area contributed by atoms with Crippen molar-refractivity contribution in [2.75, 3.05) is 0 Å². The molecule has 0 radical (unpaired) electrons. The molecule has 0 fully saturated rings. The highest BCUT2D eigenvalue weighted by atomic mass is 32.1. The molecule has 20 heavy (non-hydrogen) atoms. The number of carbonyl (C=O) groups excluding carboxylic acids is 1. The first-order valence-electron chi connectivity index (χ1n) is 6.77. The van der Waals surface area contributed by atoms with Gasteiger partial charge in [0.25, 0.3) is 0 Å². The van der Waals surface area contributed by atoms with Crippen LogP contribution in [0, 0.1) is 6.92 Å². The van der Waals surface area contributed by atoms with Gasteiger partial charge in [-0.25, -0.2) is 0 Å². The number of hydrogen-bond acceptors (Lipinski definition) is 2. The van der Waals surface area contributed by atoms with Crippen LogP contribution in [0.5, 0.6) is 0 Å². The van der Waals surface area contributed by atoms with Crippen molar-refractivity contribution in [3.63, 3.8) is 0 Å². The van der Waals surface area contributed by atoms with Crippen LogP contribution in [0.1, 0.15) is 40.6 Å². The molecule has 0 aliphatic heterocycles. The highest BCUT2D eigenvalue weighted by Crippen LogP contribution is 2.34. The van der Waals surface area contributed by atoms with E-state index in [-0.39, 0.29) is 0 Å². The Balaban J connectivity index is 2.26. The van der Waals surface area contributed by atoms with Crippen LogP contribution in [0.25, 0.3) is 21.5 Å². The highest BCUT2D eigenvalue weighted by Gasteiger charge is 2.14. The van der Waals surface area contributed by atoms with E-state index in [2.05, 4.69) is 56.1 Å². The molecule has 1 aromatic carbocycles. The molecule has 102 valence electrons. The normalized spacial score (nSPS) is 11.4. The quantitative estimate of drug-likeness (QED) is 0.663. The van der Waals surface area contributed by atoms with Crippen LogP contribution in [0.2, 0.25) is 0 Å². The van der Waals surface area contributed by atoms with E-state index < -0.39 is 0 Å². The summed E-state index contributed by atoms with van der Waals surface area (Å²) in [4.78, 5) is 17.3. The van der Waals surface area contributed by atoms with Gasteiger partial charge in [-0.1, -0.05) is 19.9 Å². The summed E-state index contributed by atoms with van der Waals surface area (Å²) >= 11 is 1.71. The standard InChI is InChI=1S/C17H17NOS/c1-10(2)12-5-6-15-13(8-12)14(9-19)17(18-15)16-7-4-11(3)20-16/h4-10,18H,1-3H3. The molecule has 0 aliphatic carbocycles. The molecule has 2 nitrogen and oxygen atoms in total. The Morgan fingerprint density at radius 3 is 2.60 bits per heavy atom. The van der Waals surface area contributed by atoms with Gasteiger partial charge in [-0.3, -0.25) is 4.79 Å². The number of aromatic nitrogens is 1. The van der Waals surface area contributed by atoms with Gasteiger partial charge >= 0.3 is 0 Å². The van der Waals surface area contributed by atoms with Crippen molar-refractivity contribution in [1.82, 2.24) is 4.98 Å². The fraction of sp³-hybridized carbons (Fsp3) is 0.235. The van der Waals surface area contributed by atoms with Gasteiger partial charge in [0.15, 0.2) is 6.29 Å². The molecule has 0 spiro atoms. The average Bonchev–Trinajstić information content (AvgIpc) is 3.00. The van der Waals surface area contributed by atoms with E-state index in [1.807, 2.05) is 0 Å². The Morgan fingerprint density at radius 2 is 2.00 bits per heavy atom. The third-order valence-corrected chi connectivity index (χ3v) is 4.65. The summed E-state index contributed by atoms with van der Waals surface area (Å²) < 4.78 is 0. The number of benzene rings is 1. The van der Waals surface area contributed by atoms with Crippen LogP contribution in [0.15, 0.2) is 30.3 Å². The second-order valence-electron chi connectivity index (χ2n) is 5.40. The van der Waals surface area contributed by atoms with Gasteiger partial charge in [-0.15, -0.1) is 11.3 Å². The second-order valence-corrected chi connectivity index (χ2v) is 6.69. The maximum absolute atomic E-state index is 11.5. The van der Waals surface area contributed by atoms with Crippen molar-refractivity contribution < 1.29 is 4.79 Å². The number of fused-ring (bicyclic) bond motifs is 1. The number of rotatable bonds is 3. The van der Waals surface area contributed by atoms with Crippen molar-refractivity contribution in [2.45, 2.75) is 26.7 Å². The third kappa shape index (κ3) is 2.08. The van der Waals surface area contributed by atoms with E-state index in [0.29, 0.717) is 5.92 Å². The largest absolute Gasteiger partial charge is 0.353 e. The van der Waals surface area contributed by atoms with Crippen LogP contribution in [-0.4, -0.2) is 11.3 Å². The van der Waals surface area contributed by atoms with Gasteiger partial charge in [0.1, 0.15) is 0 Å². The SMILES string of the molecule is Cc1ccc(-c2[nH]c3ccc(C(C)C)cc3c2C=O)s1. The van der Waals surface area contributed by atoms with E-state index in [1.165, 1.54) is 10.4 Å². The summed E-state index contributed by atoms with van der Waals surface area (Å²) in [6, 6.07) is 10.5. The Bertz CT molecular complexity index is 779. The van der Waals surface area contributed by atoms with E-state index in [9.17, 15) is 4.79 Å². The predicted molar refractivity (Wildman–Crippen MR) is 85.8 cm³/mol. The number of thiophene rings is 1. The van der Waals surface area contributed by atoms with Crippen LogP contribution < -0.4 is 0 Å². The Labute approximate surface area is 122 Å². The van der Waals surface area contributed by atoms with Crippen molar-refractivity contribution in [3.05, 3.63) is 46.3 Å². The van der Waals surface area contributed by atoms with Gasteiger partial charge < -0.3 is 4.98 Å². The first kappa shape index (κ1) is 13.1. The van der Waals surface area contributed by atoms with E-state index >= 15 is 0 Å². The molecule has 1 N–H and O–H groups in total. The molecule has 2 heterocycles. The molecule has 0 saturated carbocycles. The fourth-order valence-electron chi connectivity index (χ4n) is 2.48. The lowest BCUT2D eigenvalue weighted by molar-refractivity contribution is 0.112. The van der Waals surface area contributed by atoms with Gasteiger partial charge in [0.2, 0.25) is 0 Å². The van der Waals surface area contributed by atoms with Crippen LogP contribution in [0.4, 0.5) is 0 Å². The Morgan fingerprint density at radius 1 is 1.20 bits per heavy atom. The van der Waals surface area contributed by atoms with Gasteiger partial charge in [-0.2, -0.15) is 0 Å². The van der Waals surface area contributed by atoms with Gasteiger partial charge in [0, 0.05) is 21.3 Å². The highest BCUT2D eigenvalue weighted by molar-refractivity contribution is 7.15. The van der Waals surface area contributed by atoms with E-state index in [1.54, 1.807) is 11.3 Å². The average molecular weight is 283 g/mol. The summed E-state index contributed by atoms with van der Waals surface area (Å²) in [6.07, 6.45) is 0.966. The maximum atomic E-state index is 11.5. The number of aromatic amines is 1. The summed E-state index contributed by atoms with van der Waals surface area (Å²) in [5.41, 5.74) is 3.99. The van der Waals surface area contributed by atoms with Crippen molar-refractivity contribution >= 4 is 28.5 Å². The summed E-state index contributed by atoms with van der Waals surface area (Å²) in [7, 11) is 0. The molecule has 0 bridgehead atoms. The number of aldehydes is 1. The van der Waals surface area contributed by atoms with Crippen LogP contribution >= 0.6 is 11.3 Å². The van der Waals surface area contributed by atoms with E-state index in [4.69, 9.17) is 0 Å². The van der Waals surface area contributed by atoms with Gasteiger partial charge in [0.05, 0.1) is 10.6 Å². The lowest BCUT2D eigenvalue weighted by atomic mass is 10.0. The van der Waals surface area contributed by atoms with E-state index in [0.717, 1.165) is 33.3 Å². The zero-order valence-corrected chi connectivity index (χ0v) is 12.7. The number of hydrogen-bond donors (Lipinski definition) is 1. The molecule has 0 saturated heterocycles. The minimum atomic E-state index is 0.459. The molecule has 0 aliphatic rings. The smallest absolute Gasteiger partial charge is 0.152 e. The zero-order chi connectivity index (χ0) is 14.3. The molecule has 3 heteroatoms. The molecule has 0 unspecified atom stereocenters. The lowest BCUT2D eigenvalue weighted by Crippen LogP contribution is -1.87. The summed E-state index contributed by atoms with van der Waals surface area (Å²) in [5, 5.41) is 1.02. The predicted octanol–water partition coefficient (Wildman–Crippen LogP) is 5.14. The van der Waals surface area contributed by atoms with Gasteiger partial charge in [-0.05, 0) is 42.7 Å². The van der Waals surface area contributed by atoms with Crippen LogP contribution in [0.3, 0.4) is 0 Å². The number of H-pyrrole nitrogens is 1. The summed E-state index contributed by atoms with van der Waals surface area (Å²) in [6.45, 7) is 6.41. The monoisotopic (exact) mass is 283 g/mol. The summed E-state index contributed by atoms with van der Waals surface area (Å²) in [5.74, 6) is 0.459. The molecular weight excluding hydrogens is 266 g/mol. The first-order chi connectivity index (χ1) is 9.60. The van der Waals surface area contributed by atoms with Crippen molar-refractivity contribution in [3.8, 4) is 10.6 Å². The molecule has 2 aromatic heterocycles.